The van der Waals surface area contributed by atoms with E-state index in [1.54, 1.807) is 13.0 Å². The molecule has 0 aromatic heterocycles. The number of hydrogen-bond donors (Lipinski definition) is 1. The minimum atomic E-state index is -3.75. The highest BCUT2D eigenvalue weighted by molar-refractivity contribution is 7.89. The van der Waals surface area contributed by atoms with Gasteiger partial charge in [0.25, 0.3) is 5.91 Å². The number of amides is 1. The van der Waals surface area contributed by atoms with Crippen LogP contribution in [0.3, 0.4) is 0 Å². The molecule has 9 nitrogen and oxygen atoms in total. The molecule has 3 rings (SSSR count). The second-order valence-electron chi connectivity index (χ2n) is 7.02. The van der Waals surface area contributed by atoms with Gasteiger partial charge in [0, 0.05) is 18.8 Å². The number of nitrogens with one attached hydrogen (secondary N) is 1. The fourth-order valence-electron chi connectivity index (χ4n) is 3.01. The molecule has 1 fully saturated rings. The molecule has 0 spiro atoms. The summed E-state index contributed by atoms with van der Waals surface area (Å²) in [6.45, 7) is -0.836. The summed E-state index contributed by atoms with van der Waals surface area (Å²) >= 11 is 0. The van der Waals surface area contributed by atoms with Crippen LogP contribution < -0.4 is 10.1 Å². The molecule has 1 aliphatic rings. The van der Waals surface area contributed by atoms with Crippen LogP contribution in [0.1, 0.15) is 15.9 Å². The highest BCUT2D eigenvalue weighted by atomic mass is 32.2. The molecule has 0 bridgehead atoms. The second-order valence-corrected chi connectivity index (χ2v) is 8.96. The van der Waals surface area contributed by atoms with E-state index >= 15 is 0 Å². The molecule has 0 unspecified atom stereocenters. The van der Waals surface area contributed by atoms with Crippen molar-refractivity contribution in [2.75, 3.05) is 38.2 Å². The van der Waals surface area contributed by atoms with Crippen LogP contribution in [0.2, 0.25) is 0 Å². The normalized spacial score (nSPS) is 14.7. The number of nitrogens with zero attached hydrogens (tertiary/aromatic N) is 1. The Labute approximate surface area is 189 Å². The van der Waals surface area contributed by atoms with Gasteiger partial charge in [-0.15, -0.1) is 0 Å². The SMILES string of the molecule is Cc1ccc(S(=O)(=O)N2CCOCC2)cc1NC(=O)COC(=O)c1ccc(OC(F)F)cc1. The van der Waals surface area contributed by atoms with E-state index in [0.717, 1.165) is 0 Å². The van der Waals surface area contributed by atoms with Crippen molar-refractivity contribution in [1.29, 1.82) is 0 Å². The first-order chi connectivity index (χ1) is 15.7. The van der Waals surface area contributed by atoms with Crippen LogP contribution in [0.4, 0.5) is 14.5 Å². The first kappa shape index (κ1) is 24.6. The van der Waals surface area contributed by atoms with Crippen molar-refractivity contribution in [3.63, 3.8) is 0 Å². The Hall–Kier alpha value is -3.09. The highest BCUT2D eigenvalue weighted by Gasteiger charge is 2.27. The molecule has 178 valence electrons. The zero-order valence-corrected chi connectivity index (χ0v) is 18.4. The summed E-state index contributed by atoms with van der Waals surface area (Å²) in [5.41, 5.74) is 0.920. The zero-order valence-electron chi connectivity index (χ0n) is 17.6. The molecule has 2 aromatic rings. The summed E-state index contributed by atoms with van der Waals surface area (Å²) in [6.07, 6.45) is 0. The van der Waals surface area contributed by atoms with Crippen molar-refractivity contribution in [3.8, 4) is 5.75 Å². The Morgan fingerprint density at radius 2 is 1.79 bits per heavy atom. The molecule has 12 heteroatoms. The third-order valence-corrected chi connectivity index (χ3v) is 6.64. The number of carbonyl (C=O) groups is 2. The van der Waals surface area contributed by atoms with Gasteiger partial charge in [-0.05, 0) is 48.9 Å². The van der Waals surface area contributed by atoms with Gasteiger partial charge in [-0.1, -0.05) is 6.07 Å². The number of halogens is 2. The fourth-order valence-corrected chi connectivity index (χ4v) is 4.44. The van der Waals surface area contributed by atoms with E-state index in [0.29, 0.717) is 18.8 Å². The van der Waals surface area contributed by atoms with Gasteiger partial charge < -0.3 is 19.5 Å². The Kier molecular flexibility index (Phi) is 7.95. The second kappa shape index (κ2) is 10.7. The molecule has 2 aromatic carbocycles. The van der Waals surface area contributed by atoms with E-state index in [-0.39, 0.29) is 35.0 Å². The summed E-state index contributed by atoms with van der Waals surface area (Å²) in [7, 11) is -3.75. The minimum Gasteiger partial charge on any atom is -0.452 e. The number of aryl methyl sites for hydroxylation is 1. The Bertz CT molecular complexity index is 1100. The highest BCUT2D eigenvalue weighted by Crippen LogP contribution is 2.24. The number of esters is 1. The molecule has 1 heterocycles. The molecule has 1 amide bonds. The maximum absolute atomic E-state index is 12.8. The summed E-state index contributed by atoms with van der Waals surface area (Å²) in [5, 5.41) is 2.54. The van der Waals surface area contributed by atoms with Crippen LogP contribution in [0.5, 0.6) is 5.75 Å². The number of hydrogen-bond acceptors (Lipinski definition) is 7. The Balaban J connectivity index is 1.61. The standard InChI is InChI=1S/C21H22F2N2O7S/c1-14-2-7-17(33(28,29)25-8-10-30-11-9-25)12-18(14)24-19(26)13-31-20(27)15-3-5-16(6-4-15)32-21(22)23/h2-7,12,21H,8-11,13H2,1H3,(H,24,26). The molecule has 33 heavy (non-hydrogen) atoms. The van der Waals surface area contributed by atoms with E-state index in [9.17, 15) is 26.8 Å². The molecule has 0 saturated carbocycles. The van der Waals surface area contributed by atoms with Crippen LogP contribution in [-0.4, -0.2) is 64.1 Å². The summed E-state index contributed by atoms with van der Waals surface area (Å²) in [5.74, 6) is -1.64. The van der Waals surface area contributed by atoms with Crippen LogP contribution in [0.15, 0.2) is 47.4 Å². The molecule has 1 aliphatic heterocycles. The summed E-state index contributed by atoms with van der Waals surface area (Å²) in [6, 6.07) is 9.17. The van der Waals surface area contributed by atoms with Gasteiger partial charge >= 0.3 is 12.6 Å². The Morgan fingerprint density at radius 1 is 1.12 bits per heavy atom. The van der Waals surface area contributed by atoms with Crippen molar-refractivity contribution in [1.82, 2.24) is 4.31 Å². The average molecular weight is 484 g/mol. The molecule has 0 aliphatic carbocycles. The third kappa shape index (κ3) is 6.46. The lowest BCUT2D eigenvalue weighted by Gasteiger charge is -2.26. The van der Waals surface area contributed by atoms with Crippen molar-refractivity contribution < 1.29 is 41.0 Å². The van der Waals surface area contributed by atoms with Gasteiger partial charge in [0.05, 0.1) is 23.7 Å². The van der Waals surface area contributed by atoms with E-state index in [2.05, 4.69) is 10.1 Å². The number of alkyl halides is 2. The average Bonchev–Trinajstić information content (AvgIpc) is 2.79. The van der Waals surface area contributed by atoms with Gasteiger partial charge in [-0.25, -0.2) is 13.2 Å². The van der Waals surface area contributed by atoms with Gasteiger partial charge in [0.15, 0.2) is 6.61 Å². The first-order valence-corrected chi connectivity index (χ1v) is 11.3. The number of carbonyl (C=O) groups excluding carboxylic acids is 2. The van der Waals surface area contributed by atoms with Crippen molar-refractivity contribution in [2.24, 2.45) is 0 Å². The zero-order chi connectivity index (χ0) is 24.0. The van der Waals surface area contributed by atoms with Crippen LogP contribution in [-0.2, 0) is 24.3 Å². The van der Waals surface area contributed by atoms with Crippen molar-refractivity contribution in [2.45, 2.75) is 18.4 Å². The van der Waals surface area contributed by atoms with Gasteiger partial charge in [0.1, 0.15) is 5.75 Å². The molecule has 0 atom stereocenters. The molecular weight excluding hydrogens is 462 g/mol. The van der Waals surface area contributed by atoms with Crippen molar-refractivity contribution in [3.05, 3.63) is 53.6 Å². The number of ether oxygens (including phenoxy) is 3. The van der Waals surface area contributed by atoms with E-state index in [1.165, 1.54) is 40.7 Å². The number of rotatable bonds is 8. The van der Waals surface area contributed by atoms with Crippen molar-refractivity contribution >= 4 is 27.6 Å². The van der Waals surface area contributed by atoms with E-state index < -0.39 is 35.1 Å². The predicted octanol–water partition coefficient (Wildman–Crippen LogP) is 2.41. The topological polar surface area (TPSA) is 111 Å². The fraction of sp³-hybridized carbons (Fsp3) is 0.333. The number of benzene rings is 2. The number of morpholine rings is 1. The summed E-state index contributed by atoms with van der Waals surface area (Å²) < 4.78 is 65.7. The quantitative estimate of drug-likeness (QED) is 0.573. The molecule has 0 radical (unpaired) electrons. The lowest BCUT2D eigenvalue weighted by molar-refractivity contribution is -0.119. The molecule has 1 N–H and O–H groups in total. The molecular formula is C21H22F2N2O7S. The predicted molar refractivity (Wildman–Crippen MR) is 113 cm³/mol. The number of anilines is 1. The third-order valence-electron chi connectivity index (χ3n) is 4.74. The molecule has 1 saturated heterocycles. The number of sulfonamides is 1. The lowest BCUT2D eigenvalue weighted by Crippen LogP contribution is -2.40. The van der Waals surface area contributed by atoms with Gasteiger partial charge in [-0.2, -0.15) is 13.1 Å². The monoisotopic (exact) mass is 484 g/mol. The van der Waals surface area contributed by atoms with Crippen LogP contribution in [0.25, 0.3) is 0 Å². The maximum atomic E-state index is 12.8. The van der Waals surface area contributed by atoms with Gasteiger partial charge in [0.2, 0.25) is 10.0 Å². The minimum absolute atomic E-state index is 0.0217. The first-order valence-electron chi connectivity index (χ1n) is 9.87. The van der Waals surface area contributed by atoms with Crippen LogP contribution >= 0.6 is 0 Å². The van der Waals surface area contributed by atoms with Crippen LogP contribution in [0, 0.1) is 6.92 Å². The van der Waals surface area contributed by atoms with Gasteiger partial charge in [-0.3, -0.25) is 4.79 Å². The smallest absolute Gasteiger partial charge is 0.387 e. The largest absolute Gasteiger partial charge is 0.452 e. The Morgan fingerprint density at radius 3 is 2.42 bits per heavy atom. The van der Waals surface area contributed by atoms with E-state index in [4.69, 9.17) is 9.47 Å². The van der Waals surface area contributed by atoms with E-state index in [1.807, 2.05) is 0 Å². The lowest BCUT2D eigenvalue weighted by atomic mass is 10.2. The summed E-state index contributed by atoms with van der Waals surface area (Å²) in [4.78, 5) is 24.4. The maximum Gasteiger partial charge on any atom is 0.387 e.